The van der Waals surface area contributed by atoms with Crippen molar-refractivity contribution in [3.63, 3.8) is 0 Å². The Morgan fingerprint density at radius 1 is 1.33 bits per heavy atom. The number of hydrogen-bond donors (Lipinski definition) is 1. The van der Waals surface area contributed by atoms with Crippen LogP contribution in [0.15, 0.2) is 0 Å². The maximum Gasteiger partial charge on any atom is 0.0495 e. The van der Waals surface area contributed by atoms with Crippen LogP contribution in [0.2, 0.25) is 0 Å². The summed E-state index contributed by atoms with van der Waals surface area (Å²) in [6.45, 7) is 0. The Labute approximate surface area is 108 Å². The molecule has 0 aromatic heterocycles. The maximum absolute atomic E-state index is 8.56. The van der Waals surface area contributed by atoms with E-state index >= 15 is 0 Å². The van der Waals surface area contributed by atoms with Gasteiger partial charge < -0.3 is 13.0 Å². The topological polar surface area (TPSA) is 54.4 Å². The SMILES string of the molecule is O=[S-](=O)O.[Gd].[Yb]. The zero-order valence-electron chi connectivity index (χ0n) is 2.29. The molecule has 0 aliphatic carbocycles. The second-order valence-electron chi connectivity index (χ2n) is 0.217. The fourth-order valence-corrected chi connectivity index (χ4v) is 0. The van der Waals surface area contributed by atoms with Gasteiger partial charge in [-0.25, -0.2) is 0 Å². The third-order valence-electron chi connectivity index (χ3n) is 0. The molecule has 0 saturated carbocycles. The van der Waals surface area contributed by atoms with Crippen LogP contribution in [-0.4, -0.2) is 4.55 Å². The van der Waals surface area contributed by atoms with Gasteiger partial charge in [0.2, 0.25) is 0 Å². The molecule has 0 rings (SSSR count). The van der Waals surface area contributed by atoms with Crippen LogP contribution in [0.25, 0.3) is 0 Å². The van der Waals surface area contributed by atoms with Gasteiger partial charge in [0, 0.05) is 97.8 Å². The van der Waals surface area contributed by atoms with Gasteiger partial charge in [-0.05, 0) is 0 Å². The van der Waals surface area contributed by atoms with Crippen LogP contribution in [0.1, 0.15) is 0 Å². The van der Waals surface area contributed by atoms with Crippen LogP contribution in [0, 0.1) is 86.9 Å². The van der Waals surface area contributed by atoms with Crippen LogP contribution in [-0.2, 0) is 19.4 Å². The third-order valence-corrected chi connectivity index (χ3v) is 0. The summed E-state index contributed by atoms with van der Waals surface area (Å²) in [6, 6.07) is 0. The molecule has 3 nitrogen and oxygen atoms in total. The molecule has 0 aromatic carbocycles. The van der Waals surface area contributed by atoms with Gasteiger partial charge in [-0.1, -0.05) is 0 Å². The van der Waals surface area contributed by atoms with Crippen molar-refractivity contribution in [1.82, 2.24) is 0 Å². The minimum atomic E-state index is -2.86. The summed E-state index contributed by atoms with van der Waals surface area (Å²) in [6.07, 6.45) is 0. The molecule has 6 heavy (non-hydrogen) atoms. The Balaban J connectivity index is -0.0000000450. The fraction of sp³-hybridized carbons (Fsp3) is 0. The van der Waals surface area contributed by atoms with Crippen molar-refractivity contribution in [2.75, 3.05) is 0 Å². The summed E-state index contributed by atoms with van der Waals surface area (Å²) < 4.78 is 24.1. The molecular weight excluding hydrogens is 410 g/mol. The van der Waals surface area contributed by atoms with Crippen molar-refractivity contribution >= 4 is 11.0 Å². The molecule has 0 unspecified atom stereocenters. The second-order valence-corrected chi connectivity index (χ2v) is 0.651. The molecule has 0 aromatic rings. The van der Waals surface area contributed by atoms with E-state index in [4.69, 9.17) is 13.0 Å². The van der Waals surface area contributed by atoms with Gasteiger partial charge in [0.15, 0.2) is 0 Å². The van der Waals surface area contributed by atoms with Crippen molar-refractivity contribution in [1.29, 1.82) is 0 Å². The van der Waals surface area contributed by atoms with Crippen molar-refractivity contribution in [2.45, 2.75) is 0 Å². The molecule has 1 N–H and O–H groups in total. The van der Waals surface area contributed by atoms with E-state index in [1.165, 1.54) is 0 Å². The van der Waals surface area contributed by atoms with Gasteiger partial charge in [-0.3, -0.25) is 0 Å². The molecule has 0 heterocycles. The largest absolute Gasteiger partial charge is 0.439 e. The predicted molar refractivity (Wildman–Crippen MR) is 11.4 cm³/mol. The van der Waals surface area contributed by atoms with Crippen molar-refractivity contribution < 1.29 is 99.8 Å². The molecule has 0 radical (unpaired) electrons. The van der Waals surface area contributed by atoms with Gasteiger partial charge in [-0.2, -0.15) is 0 Å². The van der Waals surface area contributed by atoms with Gasteiger partial charge in [0.25, 0.3) is 0 Å². The summed E-state index contributed by atoms with van der Waals surface area (Å²) in [5, 5.41) is 0. The summed E-state index contributed by atoms with van der Waals surface area (Å²) >= 11 is 0. The van der Waals surface area contributed by atoms with Crippen molar-refractivity contribution in [3.8, 4) is 0 Å². The van der Waals surface area contributed by atoms with E-state index in [0.29, 0.717) is 0 Å². The molecule has 0 bridgehead atoms. The van der Waals surface area contributed by atoms with E-state index in [2.05, 4.69) is 0 Å². The van der Waals surface area contributed by atoms with Gasteiger partial charge in [-0.15, -0.1) is 0 Å². The van der Waals surface area contributed by atoms with Crippen LogP contribution < -0.4 is 0 Å². The second kappa shape index (κ2) is 10.7. The van der Waals surface area contributed by atoms with Crippen LogP contribution >= 0.6 is 0 Å². The van der Waals surface area contributed by atoms with Crippen LogP contribution in [0.5, 0.6) is 0 Å². The molecule has 0 fully saturated rings. The first kappa shape index (κ1) is 15.9. The minimum absolute atomic E-state index is 0. The van der Waals surface area contributed by atoms with Crippen molar-refractivity contribution in [2.24, 2.45) is 0 Å². The molecule has 0 aliphatic rings. The van der Waals surface area contributed by atoms with Gasteiger partial charge in [0.05, 0.1) is 0 Å². The first-order valence-corrected chi connectivity index (χ1v) is 1.55. The van der Waals surface area contributed by atoms with Crippen LogP contribution in [0.3, 0.4) is 0 Å². The zero-order valence-corrected chi connectivity index (χ0v) is 7.09. The Kier molecular flexibility index (Phi) is 28.3. The molecular formula is HGdO3SYb-. The third kappa shape index (κ3) is 29.5. The molecule has 0 spiro atoms. The summed E-state index contributed by atoms with van der Waals surface area (Å²) in [5.41, 5.74) is 0. The smallest absolute Gasteiger partial charge is 0.0495 e. The van der Waals surface area contributed by atoms with E-state index in [0.717, 1.165) is 0 Å². The molecule has 0 saturated heterocycles. The quantitative estimate of drug-likeness (QED) is 0.341. The first-order valence-electron chi connectivity index (χ1n) is 0.516. The average molecular weight is 411 g/mol. The Morgan fingerprint density at radius 2 is 1.33 bits per heavy atom. The summed E-state index contributed by atoms with van der Waals surface area (Å²) in [4.78, 5) is 0. The first-order chi connectivity index (χ1) is 1.73. The standard InChI is InChI=1S/Gd.HO3S.Yb/c;1-4(2)3;/h;(H,1,2,3);/q;-1;. The zero-order chi connectivity index (χ0) is 3.58. The monoisotopic (exact) mass is 413 g/mol. The molecule has 0 atom stereocenters. The van der Waals surface area contributed by atoms with Gasteiger partial charge in [0.1, 0.15) is 0 Å². The Hall–Kier alpha value is 2.75. The van der Waals surface area contributed by atoms with E-state index in [9.17, 15) is 0 Å². The van der Waals surface area contributed by atoms with Crippen LogP contribution in [0.4, 0.5) is 0 Å². The Bertz CT molecular complexity index is 59.2. The van der Waals surface area contributed by atoms with E-state index in [1.807, 2.05) is 0 Å². The van der Waals surface area contributed by atoms with E-state index < -0.39 is 11.0 Å². The molecule has 6 heteroatoms. The van der Waals surface area contributed by atoms with E-state index in [-0.39, 0.29) is 86.9 Å². The summed E-state index contributed by atoms with van der Waals surface area (Å²) in [5.74, 6) is 0. The normalized spacial score (nSPS) is 5.67. The van der Waals surface area contributed by atoms with Gasteiger partial charge >= 0.3 is 0 Å². The molecule has 48 valence electrons. The van der Waals surface area contributed by atoms with E-state index in [1.54, 1.807) is 0 Å². The molecule has 0 amide bonds. The number of hydrogen-bond acceptors (Lipinski definition) is 3. The maximum atomic E-state index is 8.56. The molecule has 0 aliphatic heterocycles. The summed E-state index contributed by atoms with van der Waals surface area (Å²) in [7, 11) is -2.86. The predicted octanol–water partition coefficient (Wildman–Crippen LogP) is -0.231. The fourth-order valence-electron chi connectivity index (χ4n) is 0. The Morgan fingerprint density at radius 3 is 1.33 bits per heavy atom. The number of rotatable bonds is 0. The average Bonchev–Trinajstić information content (AvgIpc) is 0.811. The minimum Gasteiger partial charge on any atom is -0.439 e. The van der Waals surface area contributed by atoms with Crippen molar-refractivity contribution in [3.05, 3.63) is 0 Å².